The summed E-state index contributed by atoms with van der Waals surface area (Å²) >= 11 is 2.13. The minimum Gasteiger partial charge on any atom is -0.452 e. The molecule has 1 aliphatic carbocycles. The second kappa shape index (κ2) is 7.94. The lowest BCUT2D eigenvalue weighted by atomic mass is 9.78. The van der Waals surface area contributed by atoms with Crippen LogP contribution in [-0.2, 0) is 9.53 Å². The van der Waals surface area contributed by atoms with E-state index >= 15 is 0 Å². The molecule has 1 aromatic carbocycles. The Morgan fingerprint density at radius 3 is 2.82 bits per heavy atom. The molecule has 0 heterocycles. The molecule has 120 valence electrons. The van der Waals surface area contributed by atoms with Gasteiger partial charge in [0.05, 0.1) is 5.56 Å². The molecule has 2 rings (SSSR count). The van der Waals surface area contributed by atoms with Gasteiger partial charge in [-0.2, -0.15) is 0 Å². The van der Waals surface area contributed by atoms with Crippen molar-refractivity contribution in [3.63, 3.8) is 0 Å². The topological polar surface area (TPSA) is 55.4 Å². The van der Waals surface area contributed by atoms with Crippen LogP contribution in [-0.4, -0.2) is 24.5 Å². The van der Waals surface area contributed by atoms with Crippen LogP contribution in [0.15, 0.2) is 24.3 Å². The molecule has 1 aliphatic rings. The predicted molar refractivity (Wildman–Crippen MR) is 93.6 cm³/mol. The molecule has 0 aromatic heterocycles. The summed E-state index contributed by atoms with van der Waals surface area (Å²) in [5, 5.41) is 3.00. The first kappa shape index (κ1) is 17.2. The van der Waals surface area contributed by atoms with E-state index in [0.29, 0.717) is 17.4 Å². The minimum absolute atomic E-state index is 0.188. The maximum atomic E-state index is 12.0. The number of esters is 1. The molecule has 4 nitrogen and oxygen atoms in total. The highest BCUT2D eigenvalue weighted by Crippen LogP contribution is 2.29. The van der Waals surface area contributed by atoms with Crippen LogP contribution in [0.1, 0.15) is 43.5 Å². The van der Waals surface area contributed by atoms with Crippen LogP contribution in [0, 0.1) is 15.4 Å². The van der Waals surface area contributed by atoms with Crippen molar-refractivity contribution in [3.8, 4) is 0 Å². The van der Waals surface area contributed by atoms with Crippen molar-refractivity contribution >= 4 is 34.5 Å². The summed E-state index contributed by atoms with van der Waals surface area (Å²) < 4.78 is 6.05. The highest BCUT2D eigenvalue weighted by atomic mass is 127. The number of hydrogen-bond donors (Lipinski definition) is 1. The third kappa shape index (κ3) is 4.69. The number of carbonyl (C=O) groups is 2. The zero-order valence-corrected chi connectivity index (χ0v) is 15.1. The second-order valence-electron chi connectivity index (χ2n) is 6.03. The van der Waals surface area contributed by atoms with E-state index in [2.05, 4.69) is 41.8 Å². The van der Waals surface area contributed by atoms with Crippen molar-refractivity contribution in [2.45, 2.75) is 39.2 Å². The largest absolute Gasteiger partial charge is 0.452 e. The smallest absolute Gasteiger partial charge is 0.338 e. The van der Waals surface area contributed by atoms with Crippen molar-refractivity contribution in [3.05, 3.63) is 33.4 Å². The molecule has 0 unspecified atom stereocenters. The zero-order chi connectivity index (χ0) is 16.1. The van der Waals surface area contributed by atoms with Gasteiger partial charge < -0.3 is 10.1 Å². The average molecular weight is 415 g/mol. The molecule has 1 N–H and O–H groups in total. The van der Waals surface area contributed by atoms with E-state index in [0.717, 1.165) is 16.4 Å². The Morgan fingerprint density at radius 2 is 2.09 bits per heavy atom. The summed E-state index contributed by atoms with van der Waals surface area (Å²) in [5.74, 6) is 0.403. The molecule has 1 aromatic rings. The van der Waals surface area contributed by atoms with Gasteiger partial charge >= 0.3 is 5.97 Å². The number of nitrogens with one attached hydrogen (secondary N) is 1. The molecule has 1 fully saturated rings. The van der Waals surface area contributed by atoms with Gasteiger partial charge in [0.2, 0.25) is 0 Å². The van der Waals surface area contributed by atoms with Crippen LogP contribution >= 0.6 is 22.6 Å². The van der Waals surface area contributed by atoms with Crippen molar-refractivity contribution in [2.75, 3.05) is 6.61 Å². The molecule has 0 spiro atoms. The lowest BCUT2D eigenvalue weighted by molar-refractivity contribution is -0.125. The summed E-state index contributed by atoms with van der Waals surface area (Å²) in [4.78, 5) is 23.9. The Bertz CT molecular complexity index is 546. The Hall–Kier alpha value is -1.11. The maximum Gasteiger partial charge on any atom is 0.338 e. The summed E-state index contributed by atoms with van der Waals surface area (Å²) in [6, 6.07) is 7.31. The van der Waals surface area contributed by atoms with Crippen LogP contribution in [0.2, 0.25) is 0 Å². The summed E-state index contributed by atoms with van der Waals surface area (Å²) in [5.41, 5.74) is 0.472. The zero-order valence-electron chi connectivity index (χ0n) is 13.0. The minimum atomic E-state index is -0.460. The number of rotatable bonds is 4. The van der Waals surface area contributed by atoms with E-state index in [1.54, 1.807) is 18.2 Å². The number of hydrogen-bond acceptors (Lipinski definition) is 3. The van der Waals surface area contributed by atoms with Gasteiger partial charge in [-0.05, 0) is 59.0 Å². The van der Waals surface area contributed by atoms with E-state index in [9.17, 15) is 9.59 Å². The molecule has 0 bridgehead atoms. The van der Waals surface area contributed by atoms with Crippen LogP contribution in [0.5, 0.6) is 0 Å². The second-order valence-corrected chi connectivity index (χ2v) is 7.27. The monoisotopic (exact) mass is 415 g/mol. The molecule has 0 saturated heterocycles. The molecule has 0 aliphatic heterocycles. The SMILES string of the molecule is C[C@@H]1[C@@H](C)CCC[C@H]1NC(=O)COC(=O)c1cccc(I)c1. The molecule has 5 heteroatoms. The van der Waals surface area contributed by atoms with Crippen molar-refractivity contribution in [1.29, 1.82) is 0 Å². The lowest BCUT2D eigenvalue weighted by Gasteiger charge is -2.34. The summed E-state index contributed by atoms with van der Waals surface area (Å²) in [6.45, 7) is 4.18. The molecular formula is C17H22INO3. The molecule has 1 saturated carbocycles. The summed E-state index contributed by atoms with van der Waals surface area (Å²) in [7, 11) is 0. The molecule has 3 atom stereocenters. The lowest BCUT2D eigenvalue weighted by Crippen LogP contribution is -2.45. The van der Waals surface area contributed by atoms with Gasteiger partial charge in [-0.15, -0.1) is 0 Å². The fourth-order valence-corrected chi connectivity index (χ4v) is 3.41. The van der Waals surface area contributed by atoms with Crippen LogP contribution in [0.4, 0.5) is 0 Å². The van der Waals surface area contributed by atoms with E-state index in [1.807, 2.05) is 6.07 Å². The van der Waals surface area contributed by atoms with E-state index in [4.69, 9.17) is 4.74 Å². The van der Waals surface area contributed by atoms with Crippen LogP contribution < -0.4 is 5.32 Å². The van der Waals surface area contributed by atoms with E-state index in [1.165, 1.54) is 6.42 Å². The number of amides is 1. The quantitative estimate of drug-likeness (QED) is 0.606. The van der Waals surface area contributed by atoms with E-state index in [-0.39, 0.29) is 18.6 Å². The van der Waals surface area contributed by atoms with Crippen LogP contribution in [0.25, 0.3) is 0 Å². The van der Waals surface area contributed by atoms with Gasteiger partial charge in [0.1, 0.15) is 0 Å². The van der Waals surface area contributed by atoms with Gasteiger partial charge in [0.25, 0.3) is 5.91 Å². The highest BCUT2D eigenvalue weighted by Gasteiger charge is 2.28. The van der Waals surface area contributed by atoms with Crippen molar-refractivity contribution in [2.24, 2.45) is 11.8 Å². The Morgan fingerprint density at radius 1 is 1.32 bits per heavy atom. The maximum absolute atomic E-state index is 12.0. The van der Waals surface area contributed by atoms with Gasteiger partial charge in [-0.1, -0.05) is 32.8 Å². The average Bonchev–Trinajstić information content (AvgIpc) is 2.49. The molecular weight excluding hydrogens is 393 g/mol. The standard InChI is InChI=1S/C17H22INO3/c1-11-5-3-8-15(12(11)2)19-16(20)10-22-17(21)13-6-4-7-14(18)9-13/h4,6-7,9,11-12,15H,3,5,8,10H2,1-2H3,(H,19,20)/t11-,12+,15+/m0/s1. The predicted octanol–water partition coefficient (Wildman–Crippen LogP) is 3.39. The number of benzene rings is 1. The van der Waals surface area contributed by atoms with Gasteiger partial charge in [-0.3, -0.25) is 4.79 Å². The number of carbonyl (C=O) groups excluding carboxylic acids is 2. The fraction of sp³-hybridized carbons (Fsp3) is 0.529. The first-order valence-corrected chi connectivity index (χ1v) is 8.77. The van der Waals surface area contributed by atoms with Crippen LogP contribution in [0.3, 0.4) is 0 Å². The Labute approximate surface area is 145 Å². The number of halogens is 1. The molecule has 1 amide bonds. The van der Waals surface area contributed by atoms with Gasteiger partial charge in [0.15, 0.2) is 6.61 Å². The number of ether oxygens (including phenoxy) is 1. The Kier molecular flexibility index (Phi) is 6.23. The highest BCUT2D eigenvalue weighted by molar-refractivity contribution is 14.1. The third-order valence-corrected chi connectivity index (χ3v) is 5.12. The molecule has 22 heavy (non-hydrogen) atoms. The third-order valence-electron chi connectivity index (χ3n) is 4.45. The normalized spacial score (nSPS) is 24.6. The first-order valence-electron chi connectivity index (χ1n) is 7.69. The van der Waals surface area contributed by atoms with Crippen molar-refractivity contribution < 1.29 is 14.3 Å². The first-order chi connectivity index (χ1) is 10.5. The van der Waals surface area contributed by atoms with Gasteiger partial charge in [-0.25, -0.2) is 4.79 Å². The fourth-order valence-electron chi connectivity index (χ4n) is 2.86. The molecule has 0 radical (unpaired) electrons. The van der Waals surface area contributed by atoms with Crippen molar-refractivity contribution in [1.82, 2.24) is 5.32 Å². The Balaban J connectivity index is 1.81. The van der Waals surface area contributed by atoms with E-state index < -0.39 is 5.97 Å². The summed E-state index contributed by atoms with van der Waals surface area (Å²) in [6.07, 6.45) is 3.36. The van der Waals surface area contributed by atoms with Gasteiger partial charge in [0, 0.05) is 9.61 Å².